The average Bonchev–Trinajstić information content (AvgIpc) is 2.50. The summed E-state index contributed by atoms with van der Waals surface area (Å²) in [6, 6.07) is -0.0806. The lowest BCUT2D eigenvalue weighted by Crippen LogP contribution is -2.31. The van der Waals surface area contributed by atoms with Crippen LogP contribution in [-0.2, 0) is 6.42 Å². The molecule has 0 spiro atoms. The van der Waals surface area contributed by atoms with Gasteiger partial charge in [0.1, 0.15) is 12.2 Å². The van der Waals surface area contributed by atoms with E-state index in [9.17, 15) is 13.2 Å². The first kappa shape index (κ1) is 12.0. The largest absolute Gasteiger partial charge is 0.414 e. The molecule has 0 radical (unpaired) electrons. The highest BCUT2D eigenvalue weighted by molar-refractivity contribution is 4.90. The fraction of sp³-hybridized carbons (Fsp3) is 0.750. The Kier molecular flexibility index (Phi) is 3.33. The summed E-state index contributed by atoms with van der Waals surface area (Å²) in [5, 5.41) is 12.6. The van der Waals surface area contributed by atoms with Crippen molar-refractivity contribution in [2.75, 3.05) is 0 Å². The average molecular weight is 223 g/mol. The van der Waals surface area contributed by atoms with Gasteiger partial charge in [-0.15, -0.1) is 0 Å². The molecule has 1 aromatic rings. The van der Waals surface area contributed by atoms with Crippen LogP contribution >= 0.6 is 0 Å². The van der Waals surface area contributed by atoms with Crippen LogP contribution in [0.2, 0.25) is 0 Å². The lowest BCUT2D eigenvalue weighted by Gasteiger charge is -2.15. The summed E-state index contributed by atoms with van der Waals surface area (Å²) in [6.07, 6.45) is -6.40. The molecule has 15 heavy (non-hydrogen) atoms. The second-order valence-electron chi connectivity index (χ2n) is 3.48. The van der Waals surface area contributed by atoms with Crippen LogP contribution in [-0.4, -0.2) is 32.2 Å². The lowest BCUT2D eigenvalue weighted by molar-refractivity contribution is -0.203. The molecule has 0 saturated carbocycles. The molecule has 0 aliphatic carbocycles. The molecule has 4 nitrogen and oxygen atoms in total. The van der Waals surface area contributed by atoms with Gasteiger partial charge in [-0.3, -0.25) is 0 Å². The van der Waals surface area contributed by atoms with Gasteiger partial charge in [-0.2, -0.15) is 18.3 Å². The van der Waals surface area contributed by atoms with Crippen LogP contribution in [0.15, 0.2) is 6.33 Å². The second-order valence-corrected chi connectivity index (χ2v) is 3.48. The van der Waals surface area contributed by atoms with E-state index in [0.29, 0.717) is 0 Å². The van der Waals surface area contributed by atoms with Gasteiger partial charge in [-0.05, 0) is 13.8 Å². The molecule has 1 heterocycles. The van der Waals surface area contributed by atoms with Gasteiger partial charge < -0.3 is 5.11 Å². The first-order chi connectivity index (χ1) is 6.82. The summed E-state index contributed by atoms with van der Waals surface area (Å²) in [5.74, 6) is 0.134. The van der Waals surface area contributed by atoms with Gasteiger partial charge in [0, 0.05) is 12.5 Å². The van der Waals surface area contributed by atoms with Crippen molar-refractivity contribution in [3.05, 3.63) is 12.2 Å². The first-order valence-corrected chi connectivity index (χ1v) is 4.45. The zero-order chi connectivity index (χ0) is 11.6. The number of aromatic nitrogens is 3. The molecule has 86 valence electrons. The number of nitrogens with zero attached hydrogens (tertiary/aromatic N) is 3. The molecule has 1 N–H and O–H groups in total. The summed E-state index contributed by atoms with van der Waals surface area (Å²) in [6.45, 7) is 3.55. The van der Waals surface area contributed by atoms with Crippen molar-refractivity contribution in [1.82, 2.24) is 14.8 Å². The molecule has 1 rings (SSSR count). The SMILES string of the molecule is CC(C)n1ncnc1CC(O)C(F)(F)F. The van der Waals surface area contributed by atoms with Crippen molar-refractivity contribution < 1.29 is 18.3 Å². The molecule has 0 fully saturated rings. The smallest absolute Gasteiger partial charge is 0.383 e. The van der Waals surface area contributed by atoms with Crippen molar-refractivity contribution >= 4 is 0 Å². The normalized spacial score (nSPS) is 14.6. The minimum atomic E-state index is -4.62. The van der Waals surface area contributed by atoms with Crippen molar-refractivity contribution in [2.45, 2.75) is 38.6 Å². The Bertz CT molecular complexity index is 321. The topological polar surface area (TPSA) is 50.9 Å². The van der Waals surface area contributed by atoms with Gasteiger partial charge in [-0.25, -0.2) is 9.67 Å². The number of alkyl halides is 3. The van der Waals surface area contributed by atoms with Crippen LogP contribution in [0.5, 0.6) is 0 Å². The second kappa shape index (κ2) is 4.18. The molecular weight excluding hydrogens is 211 g/mol. The van der Waals surface area contributed by atoms with E-state index in [0.717, 1.165) is 0 Å². The van der Waals surface area contributed by atoms with E-state index in [1.165, 1.54) is 11.0 Å². The molecule has 0 aliphatic heterocycles. The van der Waals surface area contributed by atoms with E-state index in [1.54, 1.807) is 13.8 Å². The van der Waals surface area contributed by atoms with Gasteiger partial charge in [0.25, 0.3) is 0 Å². The van der Waals surface area contributed by atoms with Crippen molar-refractivity contribution in [2.24, 2.45) is 0 Å². The Morgan fingerprint density at radius 3 is 2.53 bits per heavy atom. The van der Waals surface area contributed by atoms with Gasteiger partial charge in [0.05, 0.1) is 0 Å². The highest BCUT2D eigenvalue weighted by Crippen LogP contribution is 2.22. The Balaban J connectivity index is 2.77. The molecule has 0 aromatic carbocycles. The molecule has 0 saturated heterocycles. The standard InChI is InChI=1S/C8H12F3N3O/c1-5(2)14-7(12-4-13-14)3-6(15)8(9,10)11/h4-6,15H,3H2,1-2H3. The Morgan fingerprint density at radius 1 is 1.47 bits per heavy atom. The summed E-state index contributed by atoms with van der Waals surface area (Å²) in [4.78, 5) is 3.68. The molecule has 1 unspecified atom stereocenters. The van der Waals surface area contributed by atoms with Gasteiger partial charge >= 0.3 is 6.18 Å². The number of hydrogen-bond donors (Lipinski definition) is 1. The summed E-state index contributed by atoms with van der Waals surface area (Å²) < 4.78 is 37.6. The number of aliphatic hydroxyl groups is 1. The zero-order valence-corrected chi connectivity index (χ0v) is 8.36. The number of halogens is 3. The summed E-state index contributed by atoms with van der Waals surface area (Å²) >= 11 is 0. The van der Waals surface area contributed by atoms with Crippen LogP contribution in [0.1, 0.15) is 25.7 Å². The predicted molar refractivity (Wildman–Crippen MR) is 46.2 cm³/mol. The minimum Gasteiger partial charge on any atom is -0.383 e. The third-order valence-corrected chi connectivity index (χ3v) is 1.89. The van der Waals surface area contributed by atoms with Crippen LogP contribution in [0, 0.1) is 0 Å². The zero-order valence-electron chi connectivity index (χ0n) is 8.36. The number of hydrogen-bond acceptors (Lipinski definition) is 3. The van der Waals surface area contributed by atoms with Crippen LogP contribution in [0.4, 0.5) is 13.2 Å². The third kappa shape index (κ3) is 2.92. The monoisotopic (exact) mass is 223 g/mol. The molecule has 0 amide bonds. The molecule has 1 atom stereocenters. The molecule has 0 aliphatic rings. The van der Waals surface area contributed by atoms with Crippen LogP contribution in [0.3, 0.4) is 0 Å². The third-order valence-electron chi connectivity index (χ3n) is 1.89. The Hall–Kier alpha value is -1.11. The van der Waals surface area contributed by atoms with E-state index >= 15 is 0 Å². The highest BCUT2D eigenvalue weighted by atomic mass is 19.4. The number of rotatable bonds is 3. The highest BCUT2D eigenvalue weighted by Gasteiger charge is 2.39. The lowest BCUT2D eigenvalue weighted by atomic mass is 10.2. The van der Waals surface area contributed by atoms with Crippen LogP contribution < -0.4 is 0 Å². The van der Waals surface area contributed by atoms with Gasteiger partial charge in [0.2, 0.25) is 0 Å². The maximum atomic E-state index is 12.1. The van der Waals surface area contributed by atoms with Crippen LogP contribution in [0.25, 0.3) is 0 Å². The number of aliphatic hydroxyl groups excluding tert-OH is 1. The fourth-order valence-corrected chi connectivity index (χ4v) is 1.14. The fourth-order valence-electron chi connectivity index (χ4n) is 1.14. The van der Waals surface area contributed by atoms with E-state index in [4.69, 9.17) is 5.11 Å². The summed E-state index contributed by atoms with van der Waals surface area (Å²) in [5.41, 5.74) is 0. The molecule has 0 bridgehead atoms. The molecule has 7 heteroatoms. The predicted octanol–water partition coefficient (Wildman–Crippen LogP) is 1.32. The maximum Gasteiger partial charge on any atom is 0.414 e. The van der Waals surface area contributed by atoms with E-state index in [-0.39, 0.29) is 11.9 Å². The summed E-state index contributed by atoms with van der Waals surface area (Å²) in [7, 11) is 0. The van der Waals surface area contributed by atoms with E-state index in [2.05, 4.69) is 10.1 Å². The first-order valence-electron chi connectivity index (χ1n) is 4.45. The maximum absolute atomic E-state index is 12.1. The van der Waals surface area contributed by atoms with Gasteiger partial charge in [0.15, 0.2) is 6.10 Å². The Morgan fingerprint density at radius 2 is 2.07 bits per heavy atom. The Labute approximate surface area is 84.7 Å². The molecule has 1 aromatic heterocycles. The van der Waals surface area contributed by atoms with Crippen molar-refractivity contribution in [3.63, 3.8) is 0 Å². The minimum absolute atomic E-state index is 0.0806. The van der Waals surface area contributed by atoms with E-state index < -0.39 is 18.7 Å². The van der Waals surface area contributed by atoms with E-state index in [1.807, 2.05) is 0 Å². The van der Waals surface area contributed by atoms with Crippen molar-refractivity contribution in [3.8, 4) is 0 Å². The van der Waals surface area contributed by atoms with Gasteiger partial charge in [-0.1, -0.05) is 0 Å². The van der Waals surface area contributed by atoms with Crippen molar-refractivity contribution in [1.29, 1.82) is 0 Å². The quantitative estimate of drug-likeness (QED) is 0.840. The molecular formula is C8H12F3N3O.